The SMILES string of the molecule is Cc1cc(-n2c(C)cc(C(=O)CSc3nc(C4CC4)n(-c4ccccc4)n3)c2C)no1. The van der Waals surface area contributed by atoms with Gasteiger partial charge in [0.1, 0.15) is 11.6 Å². The van der Waals surface area contributed by atoms with Crippen molar-refractivity contribution in [3.8, 4) is 11.5 Å². The molecule has 31 heavy (non-hydrogen) atoms. The minimum atomic E-state index is 0.0496. The highest BCUT2D eigenvalue weighted by Gasteiger charge is 2.30. The van der Waals surface area contributed by atoms with E-state index in [0.29, 0.717) is 22.5 Å². The molecule has 0 aliphatic heterocycles. The van der Waals surface area contributed by atoms with Crippen LogP contribution in [0.25, 0.3) is 11.5 Å². The second-order valence-corrected chi connectivity index (χ2v) is 8.84. The average Bonchev–Trinajstić information content (AvgIpc) is 3.27. The van der Waals surface area contributed by atoms with E-state index in [4.69, 9.17) is 14.6 Å². The third-order valence-corrected chi connectivity index (χ3v) is 6.30. The summed E-state index contributed by atoms with van der Waals surface area (Å²) in [6, 6.07) is 13.8. The molecule has 5 rings (SSSR count). The number of Topliss-reactive ketones (excluding diaryl/α,β-unsaturated/α-hetero) is 1. The van der Waals surface area contributed by atoms with Crippen LogP contribution in [0.5, 0.6) is 0 Å². The van der Waals surface area contributed by atoms with E-state index in [-0.39, 0.29) is 11.5 Å². The number of para-hydroxylation sites is 1. The molecule has 0 amide bonds. The molecule has 3 aromatic heterocycles. The summed E-state index contributed by atoms with van der Waals surface area (Å²) >= 11 is 1.39. The van der Waals surface area contributed by atoms with E-state index < -0.39 is 0 Å². The molecule has 8 heteroatoms. The lowest BCUT2D eigenvalue weighted by Crippen LogP contribution is -2.06. The smallest absolute Gasteiger partial charge is 0.209 e. The van der Waals surface area contributed by atoms with Gasteiger partial charge in [0.25, 0.3) is 0 Å². The Kier molecular flexibility index (Phi) is 5.02. The second kappa shape index (κ2) is 7.85. The molecule has 0 bridgehead atoms. The topological polar surface area (TPSA) is 78.7 Å². The zero-order valence-corrected chi connectivity index (χ0v) is 18.5. The number of carbonyl (C=O) groups is 1. The van der Waals surface area contributed by atoms with Crippen molar-refractivity contribution in [3.05, 3.63) is 71.0 Å². The Labute approximate surface area is 184 Å². The summed E-state index contributed by atoms with van der Waals surface area (Å²) in [5, 5.41) is 9.42. The third kappa shape index (κ3) is 3.83. The van der Waals surface area contributed by atoms with Crippen LogP contribution < -0.4 is 0 Å². The van der Waals surface area contributed by atoms with Crippen LogP contribution in [0.1, 0.15) is 52.1 Å². The van der Waals surface area contributed by atoms with Crippen LogP contribution in [0.3, 0.4) is 0 Å². The predicted molar refractivity (Wildman–Crippen MR) is 118 cm³/mol. The van der Waals surface area contributed by atoms with Crippen molar-refractivity contribution in [1.82, 2.24) is 24.5 Å². The summed E-state index contributed by atoms with van der Waals surface area (Å²) in [6.45, 7) is 5.75. The number of benzene rings is 1. The second-order valence-electron chi connectivity index (χ2n) is 7.90. The van der Waals surface area contributed by atoms with Gasteiger partial charge in [0, 0.05) is 28.9 Å². The molecule has 158 valence electrons. The fraction of sp³-hybridized carbons (Fsp3) is 0.304. The fourth-order valence-electron chi connectivity index (χ4n) is 3.79. The summed E-state index contributed by atoms with van der Waals surface area (Å²) in [7, 11) is 0. The molecule has 0 atom stereocenters. The first kappa shape index (κ1) is 19.8. The van der Waals surface area contributed by atoms with Crippen molar-refractivity contribution in [2.75, 3.05) is 5.75 Å². The van der Waals surface area contributed by atoms with Gasteiger partial charge in [0.15, 0.2) is 11.6 Å². The van der Waals surface area contributed by atoms with E-state index in [2.05, 4.69) is 5.16 Å². The molecule has 0 saturated heterocycles. The molecular weight excluding hydrogens is 410 g/mol. The van der Waals surface area contributed by atoms with Crippen molar-refractivity contribution >= 4 is 17.5 Å². The highest BCUT2D eigenvalue weighted by molar-refractivity contribution is 7.99. The molecule has 4 aromatic rings. The molecule has 0 spiro atoms. The van der Waals surface area contributed by atoms with Crippen LogP contribution >= 0.6 is 11.8 Å². The number of hydrogen-bond donors (Lipinski definition) is 0. The average molecular weight is 434 g/mol. The molecule has 3 heterocycles. The number of rotatable bonds is 7. The Hall–Kier alpha value is -3.13. The summed E-state index contributed by atoms with van der Waals surface area (Å²) in [4.78, 5) is 17.8. The lowest BCUT2D eigenvalue weighted by atomic mass is 10.2. The number of ketones is 1. The van der Waals surface area contributed by atoms with Gasteiger partial charge in [-0.3, -0.25) is 9.36 Å². The zero-order chi connectivity index (χ0) is 21.5. The highest BCUT2D eigenvalue weighted by atomic mass is 32.2. The van der Waals surface area contributed by atoms with Crippen LogP contribution in [-0.4, -0.2) is 36.0 Å². The molecule has 1 aliphatic carbocycles. The van der Waals surface area contributed by atoms with Gasteiger partial charge in [0.05, 0.1) is 11.4 Å². The quantitative estimate of drug-likeness (QED) is 0.307. The first-order chi connectivity index (χ1) is 15.0. The summed E-state index contributed by atoms with van der Waals surface area (Å²) in [5.74, 6) is 3.20. The molecule has 0 unspecified atom stereocenters. The minimum Gasteiger partial charge on any atom is -0.360 e. The minimum absolute atomic E-state index is 0.0496. The van der Waals surface area contributed by atoms with Crippen molar-refractivity contribution in [3.63, 3.8) is 0 Å². The van der Waals surface area contributed by atoms with E-state index in [1.807, 2.05) is 72.5 Å². The van der Waals surface area contributed by atoms with E-state index in [9.17, 15) is 4.79 Å². The number of aryl methyl sites for hydroxylation is 2. The number of nitrogens with zero attached hydrogens (tertiary/aromatic N) is 5. The monoisotopic (exact) mass is 433 g/mol. The van der Waals surface area contributed by atoms with E-state index in [1.54, 1.807) is 0 Å². The molecular formula is C23H23N5O2S. The lowest BCUT2D eigenvalue weighted by molar-refractivity contribution is 0.102. The van der Waals surface area contributed by atoms with E-state index in [1.165, 1.54) is 11.8 Å². The fourth-order valence-corrected chi connectivity index (χ4v) is 4.51. The van der Waals surface area contributed by atoms with Gasteiger partial charge < -0.3 is 4.52 Å². The van der Waals surface area contributed by atoms with Crippen LogP contribution in [0.15, 0.2) is 52.1 Å². The summed E-state index contributed by atoms with van der Waals surface area (Å²) in [5.41, 5.74) is 3.50. The third-order valence-electron chi connectivity index (χ3n) is 5.46. The molecule has 1 fully saturated rings. The van der Waals surface area contributed by atoms with Crippen LogP contribution in [0.2, 0.25) is 0 Å². The Morgan fingerprint density at radius 1 is 1.16 bits per heavy atom. The Bertz CT molecular complexity index is 1250. The Morgan fingerprint density at radius 3 is 2.61 bits per heavy atom. The molecule has 1 aromatic carbocycles. The summed E-state index contributed by atoms with van der Waals surface area (Å²) < 4.78 is 9.07. The van der Waals surface area contributed by atoms with E-state index >= 15 is 0 Å². The maximum atomic E-state index is 13.0. The number of thioether (sulfide) groups is 1. The molecule has 1 saturated carbocycles. The first-order valence-electron chi connectivity index (χ1n) is 10.3. The van der Waals surface area contributed by atoms with Gasteiger partial charge in [-0.05, 0) is 51.8 Å². The van der Waals surface area contributed by atoms with Gasteiger partial charge in [-0.2, -0.15) is 0 Å². The Morgan fingerprint density at radius 2 is 1.94 bits per heavy atom. The van der Waals surface area contributed by atoms with Crippen LogP contribution in [0.4, 0.5) is 0 Å². The van der Waals surface area contributed by atoms with Gasteiger partial charge in [-0.1, -0.05) is 35.1 Å². The molecule has 0 N–H and O–H groups in total. The van der Waals surface area contributed by atoms with Crippen molar-refractivity contribution < 1.29 is 9.32 Å². The van der Waals surface area contributed by atoms with Crippen LogP contribution in [-0.2, 0) is 0 Å². The number of aromatic nitrogens is 5. The maximum Gasteiger partial charge on any atom is 0.209 e. The van der Waals surface area contributed by atoms with Gasteiger partial charge in [-0.25, -0.2) is 9.67 Å². The van der Waals surface area contributed by atoms with E-state index in [0.717, 1.165) is 41.5 Å². The summed E-state index contributed by atoms with van der Waals surface area (Å²) in [6.07, 6.45) is 2.28. The standard InChI is InChI=1S/C23H23N5O2S/c1-14-11-19(16(3)27(14)21-12-15(2)30-26-21)20(29)13-31-23-24-22(17-9-10-17)28(25-23)18-7-5-4-6-8-18/h4-8,11-12,17H,9-10,13H2,1-3H3. The Balaban J connectivity index is 1.36. The number of hydrogen-bond acceptors (Lipinski definition) is 6. The van der Waals surface area contributed by atoms with Gasteiger partial charge >= 0.3 is 0 Å². The van der Waals surface area contributed by atoms with Crippen molar-refractivity contribution in [2.24, 2.45) is 0 Å². The predicted octanol–water partition coefficient (Wildman–Crippen LogP) is 4.82. The normalized spacial score (nSPS) is 13.6. The highest BCUT2D eigenvalue weighted by Crippen LogP contribution is 2.40. The first-order valence-corrected chi connectivity index (χ1v) is 11.3. The lowest BCUT2D eigenvalue weighted by Gasteiger charge is -2.04. The maximum absolute atomic E-state index is 13.0. The molecule has 1 aliphatic rings. The van der Waals surface area contributed by atoms with Gasteiger partial charge in [-0.15, -0.1) is 5.10 Å². The molecule has 7 nitrogen and oxygen atoms in total. The molecule has 0 radical (unpaired) electrons. The van der Waals surface area contributed by atoms with Crippen molar-refractivity contribution in [2.45, 2.75) is 44.7 Å². The number of carbonyl (C=O) groups excluding carboxylic acids is 1. The van der Waals surface area contributed by atoms with Crippen LogP contribution in [0, 0.1) is 20.8 Å². The van der Waals surface area contributed by atoms with Gasteiger partial charge in [0.2, 0.25) is 5.16 Å². The largest absolute Gasteiger partial charge is 0.360 e. The van der Waals surface area contributed by atoms with Crippen molar-refractivity contribution in [1.29, 1.82) is 0 Å². The zero-order valence-electron chi connectivity index (χ0n) is 17.7.